The van der Waals surface area contributed by atoms with Gasteiger partial charge in [0.15, 0.2) is 0 Å². The molecule has 2 aromatic rings. The van der Waals surface area contributed by atoms with Gasteiger partial charge in [-0.25, -0.2) is 8.97 Å². The Bertz CT molecular complexity index is 388. The highest BCUT2D eigenvalue weighted by molar-refractivity contribution is 5.35. The van der Waals surface area contributed by atoms with Gasteiger partial charge < -0.3 is 0 Å². The van der Waals surface area contributed by atoms with Crippen molar-refractivity contribution in [2.24, 2.45) is 7.05 Å². The third-order valence-corrected chi connectivity index (χ3v) is 2.57. The van der Waals surface area contributed by atoms with Gasteiger partial charge in [-0.15, -0.1) is 0 Å². The van der Waals surface area contributed by atoms with Crippen LogP contribution in [0.3, 0.4) is 0 Å². The van der Waals surface area contributed by atoms with E-state index in [1.165, 1.54) is 17.0 Å². The maximum Gasteiger partial charge on any atom is 0.286 e. The van der Waals surface area contributed by atoms with Crippen LogP contribution in [0.2, 0.25) is 0 Å². The monoisotopic (exact) mass is 161 g/mol. The van der Waals surface area contributed by atoms with Gasteiger partial charge in [-0.1, -0.05) is 6.07 Å². The summed E-state index contributed by atoms with van der Waals surface area (Å²) in [6.07, 6.45) is 2.09. The minimum atomic E-state index is 1.24. The Balaban J connectivity index is 2.99. The molecule has 0 aliphatic heterocycles. The average Bonchev–Trinajstić information content (AvgIpc) is 2.33. The van der Waals surface area contributed by atoms with E-state index in [4.69, 9.17) is 0 Å². The van der Waals surface area contributed by atoms with E-state index in [0.29, 0.717) is 0 Å². The predicted molar refractivity (Wildman–Crippen MR) is 48.0 cm³/mol. The second-order valence-corrected chi connectivity index (χ2v) is 3.16. The minimum absolute atomic E-state index is 1.24. The molecule has 0 atom stereocenters. The molecule has 0 spiro atoms. The molecule has 0 aliphatic carbocycles. The van der Waals surface area contributed by atoms with E-state index >= 15 is 0 Å². The van der Waals surface area contributed by atoms with Crippen molar-refractivity contribution in [2.45, 2.75) is 13.8 Å². The number of rotatable bonds is 0. The van der Waals surface area contributed by atoms with Crippen LogP contribution < -0.4 is 4.57 Å². The first-order chi connectivity index (χ1) is 5.72. The predicted octanol–water partition coefficient (Wildman–Crippen LogP) is 1.38. The second-order valence-electron chi connectivity index (χ2n) is 3.16. The fourth-order valence-electron chi connectivity index (χ4n) is 1.58. The van der Waals surface area contributed by atoms with Crippen molar-refractivity contribution in [2.75, 3.05) is 0 Å². The summed E-state index contributed by atoms with van der Waals surface area (Å²) in [4.78, 5) is 0. The molecule has 0 aromatic carbocycles. The van der Waals surface area contributed by atoms with Crippen LogP contribution in [0, 0.1) is 13.8 Å². The Morgan fingerprint density at radius 3 is 2.67 bits per heavy atom. The highest BCUT2D eigenvalue weighted by atomic mass is 15.1. The van der Waals surface area contributed by atoms with Crippen molar-refractivity contribution in [3.8, 4) is 0 Å². The SMILES string of the molecule is Cc1c(C)[n+](C)c2ccccn12. The molecule has 2 rings (SSSR count). The number of hydrogen-bond donors (Lipinski definition) is 0. The lowest BCUT2D eigenvalue weighted by atomic mass is 10.4. The fourth-order valence-corrected chi connectivity index (χ4v) is 1.58. The molecule has 0 bridgehead atoms. The number of aryl methyl sites for hydroxylation is 2. The number of nitrogens with zero attached hydrogens (tertiary/aromatic N) is 2. The molecule has 0 unspecified atom stereocenters. The van der Waals surface area contributed by atoms with Gasteiger partial charge >= 0.3 is 0 Å². The fraction of sp³-hybridized carbons (Fsp3) is 0.300. The summed E-state index contributed by atoms with van der Waals surface area (Å²) in [7, 11) is 2.09. The summed E-state index contributed by atoms with van der Waals surface area (Å²) in [5, 5.41) is 0. The number of imidazole rings is 1. The Hall–Kier alpha value is -1.31. The van der Waals surface area contributed by atoms with Crippen molar-refractivity contribution >= 4 is 5.65 Å². The topological polar surface area (TPSA) is 8.29 Å². The van der Waals surface area contributed by atoms with Crippen molar-refractivity contribution in [1.82, 2.24) is 4.40 Å². The number of aromatic nitrogens is 2. The Labute approximate surface area is 72.1 Å². The van der Waals surface area contributed by atoms with Crippen molar-refractivity contribution in [3.63, 3.8) is 0 Å². The quantitative estimate of drug-likeness (QED) is 0.516. The molecule has 0 fully saturated rings. The van der Waals surface area contributed by atoms with Crippen LogP contribution in [0.4, 0.5) is 0 Å². The molecule has 0 aliphatic rings. The first-order valence-electron chi connectivity index (χ1n) is 4.14. The third-order valence-electron chi connectivity index (χ3n) is 2.57. The molecule has 0 radical (unpaired) electrons. The van der Waals surface area contributed by atoms with Gasteiger partial charge in [-0.3, -0.25) is 0 Å². The first-order valence-corrected chi connectivity index (χ1v) is 4.14. The molecule has 0 saturated heterocycles. The summed E-state index contributed by atoms with van der Waals surface area (Å²) >= 11 is 0. The van der Waals surface area contributed by atoms with Crippen molar-refractivity contribution < 1.29 is 4.57 Å². The lowest BCUT2D eigenvalue weighted by Crippen LogP contribution is -2.29. The van der Waals surface area contributed by atoms with Crippen LogP contribution in [-0.4, -0.2) is 4.40 Å². The second kappa shape index (κ2) is 2.34. The van der Waals surface area contributed by atoms with E-state index in [-0.39, 0.29) is 0 Å². The largest absolute Gasteiger partial charge is 0.286 e. The standard InChI is InChI=1S/C10H13N2/c1-8-9(2)12-7-5-4-6-10(12)11(8)3/h4-7H,1-3H3/q+1. The molecular weight excluding hydrogens is 148 g/mol. The van der Waals surface area contributed by atoms with Crippen LogP contribution in [-0.2, 0) is 7.05 Å². The average molecular weight is 161 g/mol. The van der Waals surface area contributed by atoms with Crippen LogP contribution >= 0.6 is 0 Å². The van der Waals surface area contributed by atoms with Gasteiger partial charge in [0.2, 0.25) is 0 Å². The van der Waals surface area contributed by atoms with E-state index in [1.807, 2.05) is 0 Å². The molecule has 2 heterocycles. The number of pyridine rings is 1. The normalized spacial score (nSPS) is 10.9. The molecule has 12 heavy (non-hydrogen) atoms. The van der Waals surface area contributed by atoms with Gasteiger partial charge in [-0.05, 0) is 6.07 Å². The minimum Gasteiger partial charge on any atom is -0.230 e. The summed E-state index contributed by atoms with van der Waals surface area (Å²) in [6, 6.07) is 6.24. The molecule has 2 aromatic heterocycles. The first kappa shape index (κ1) is 7.35. The highest BCUT2D eigenvalue weighted by Crippen LogP contribution is 2.06. The Morgan fingerprint density at radius 2 is 2.00 bits per heavy atom. The van der Waals surface area contributed by atoms with Crippen LogP contribution in [0.1, 0.15) is 11.4 Å². The van der Waals surface area contributed by atoms with Gasteiger partial charge in [0.25, 0.3) is 5.65 Å². The van der Waals surface area contributed by atoms with E-state index in [1.54, 1.807) is 0 Å². The zero-order chi connectivity index (χ0) is 8.72. The lowest BCUT2D eigenvalue weighted by molar-refractivity contribution is -0.650. The third kappa shape index (κ3) is 0.779. The van der Waals surface area contributed by atoms with Gasteiger partial charge in [0.05, 0.1) is 13.2 Å². The van der Waals surface area contributed by atoms with Gasteiger partial charge in [-0.2, -0.15) is 0 Å². The van der Waals surface area contributed by atoms with E-state index in [0.717, 1.165) is 0 Å². The number of fused-ring (bicyclic) bond motifs is 1. The van der Waals surface area contributed by atoms with Gasteiger partial charge in [0.1, 0.15) is 11.4 Å². The summed E-state index contributed by atoms with van der Waals surface area (Å²) in [6.45, 7) is 4.28. The van der Waals surface area contributed by atoms with Crippen molar-refractivity contribution in [1.29, 1.82) is 0 Å². The smallest absolute Gasteiger partial charge is 0.230 e. The molecule has 2 heteroatoms. The molecule has 0 saturated carbocycles. The van der Waals surface area contributed by atoms with Crippen LogP contribution in [0.25, 0.3) is 5.65 Å². The summed E-state index contributed by atoms with van der Waals surface area (Å²) in [5.41, 5.74) is 3.88. The molecular formula is C10H13N2+. The highest BCUT2D eigenvalue weighted by Gasteiger charge is 2.14. The number of hydrogen-bond acceptors (Lipinski definition) is 0. The van der Waals surface area contributed by atoms with Gasteiger partial charge in [0, 0.05) is 19.9 Å². The van der Waals surface area contributed by atoms with E-state index in [9.17, 15) is 0 Å². The van der Waals surface area contributed by atoms with E-state index < -0.39 is 0 Å². The van der Waals surface area contributed by atoms with Crippen molar-refractivity contribution in [3.05, 3.63) is 35.8 Å². The van der Waals surface area contributed by atoms with E-state index in [2.05, 4.69) is 54.3 Å². The van der Waals surface area contributed by atoms with Crippen LogP contribution in [0.15, 0.2) is 24.4 Å². The summed E-state index contributed by atoms with van der Waals surface area (Å²) in [5.74, 6) is 0. The zero-order valence-corrected chi connectivity index (χ0v) is 7.70. The zero-order valence-electron chi connectivity index (χ0n) is 7.70. The maximum absolute atomic E-state index is 2.20. The molecule has 0 amide bonds. The molecule has 0 N–H and O–H groups in total. The summed E-state index contributed by atoms with van der Waals surface area (Å²) < 4.78 is 4.41. The maximum atomic E-state index is 2.20. The Morgan fingerprint density at radius 1 is 1.25 bits per heavy atom. The Kier molecular flexibility index (Phi) is 1.43. The lowest BCUT2D eigenvalue weighted by Gasteiger charge is -1.86. The molecule has 62 valence electrons. The van der Waals surface area contributed by atoms with Crippen LogP contribution in [0.5, 0.6) is 0 Å². The molecule has 2 nitrogen and oxygen atoms in total.